The summed E-state index contributed by atoms with van der Waals surface area (Å²) in [6.45, 7) is 4.35. The quantitative estimate of drug-likeness (QED) is 0.678. The van der Waals surface area contributed by atoms with Crippen LogP contribution in [-0.4, -0.2) is 41.3 Å². The van der Waals surface area contributed by atoms with Crippen molar-refractivity contribution >= 4 is 14.9 Å². The maximum absolute atomic E-state index is 10.0. The van der Waals surface area contributed by atoms with Gasteiger partial charge in [0, 0.05) is 5.54 Å². The molecule has 0 radical (unpaired) electrons. The minimum atomic E-state index is -2.31. The minimum Gasteiger partial charge on any atom is -0.357 e. The number of nitrogens with one attached hydrogen (secondary N) is 1. The van der Waals surface area contributed by atoms with Gasteiger partial charge in [-0.25, -0.2) is 0 Å². The van der Waals surface area contributed by atoms with Gasteiger partial charge in [-0.2, -0.15) is 9.03 Å². The Morgan fingerprint density at radius 2 is 1.92 bits per heavy atom. The third-order valence-electron chi connectivity index (χ3n) is 2.68. The summed E-state index contributed by atoms with van der Waals surface area (Å²) < 4.78 is 10.0. The maximum Gasteiger partial charge on any atom is 0.0155 e. The smallest absolute Gasteiger partial charge is 0.0155 e. The molecular formula is C10H25NOS. The molecule has 0 aliphatic heterocycles. The van der Waals surface area contributed by atoms with Gasteiger partial charge < -0.3 is 9.87 Å². The Morgan fingerprint density at radius 1 is 1.46 bits per heavy atom. The summed E-state index contributed by atoms with van der Waals surface area (Å²) in [5.74, 6) is 4.72. The van der Waals surface area contributed by atoms with Gasteiger partial charge in [0.05, 0.1) is 0 Å². The third-order valence-corrected chi connectivity index (χ3v) is 4.17. The normalized spacial score (nSPS) is 20.3. The first-order chi connectivity index (χ1) is 5.58. The first-order valence-corrected chi connectivity index (χ1v) is 7.89. The minimum absolute atomic E-state index is 0.143. The molecule has 2 nitrogen and oxygen atoms in total. The second kappa shape index (κ2) is 3.71. The molecule has 0 aliphatic rings. The Bertz CT molecular complexity index is 214. The molecule has 2 N–H and O–H groups in total. The highest BCUT2D eigenvalue weighted by Gasteiger charge is 2.23. The highest BCUT2D eigenvalue weighted by Crippen LogP contribution is 2.45. The largest absolute Gasteiger partial charge is 0.357 e. The van der Waals surface area contributed by atoms with Crippen molar-refractivity contribution in [2.45, 2.75) is 32.2 Å². The van der Waals surface area contributed by atoms with Gasteiger partial charge in [0.2, 0.25) is 0 Å². The van der Waals surface area contributed by atoms with Crippen molar-refractivity contribution in [2.24, 2.45) is 0 Å². The van der Waals surface area contributed by atoms with Gasteiger partial charge >= 0.3 is 0 Å². The van der Waals surface area contributed by atoms with Crippen LogP contribution in [0.5, 0.6) is 0 Å². The predicted octanol–water partition coefficient (Wildman–Crippen LogP) is 2.27. The second-order valence-electron chi connectivity index (χ2n) is 5.01. The van der Waals surface area contributed by atoms with Crippen LogP contribution in [0.15, 0.2) is 0 Å². The second-order valence-corrected chi connectivity index (χ2v) is 10.2. The average molecular weight is 207 g/mol. The van der Waals surface area contributed by atoms with E-state index in [2.05, 4.69) is 25.0 Å². The zero-order valence-corrected chi connectivity index (χ0v) is 10.5. The zero-order valence-electron chi connectivity index (χ0n) is 9.68. The number of hydrogen-bond acceptors (Lipinski definition) is 2. The predicted molar refractivity (Wildman–Crippen MR) is 66.4 cm³/mol. The molecule has 0 spiro atoms. The Labute approximate surface area is 82.8 Å². The molecule has 0 fully saturated rings. The molecule has 13 heavy (non-hydrogen) atoms. The van der Waals surface area contributed by atoms with E-state index in [-0.39, 0.29) is 5.54 Å². The molecule has 0 saturated heterocycles. The molecule has 0 heterocycles. The fraction of sp³-hybridized carbons (Fsp3) is 0.900. The summed E-state index contributed by atoms with van der Waals surface area (Å²) in [7, 11) is -0.341. The lowest BCUT2D eigenvalue weighted by molar-refractivity contribution is 0.359. The van der Waals surface area contributed by atoms with Crippen LogP contribution in [0.4, 0.5) is 0 Å². The third kappa shape index (κ3) is 6.24. The van der Waals surface area contributed by atoms with Crippen molar-refractivity contribution in [3.8, 4) is 0 Å². The maximum atomic E-state index is 10.0. The summed E-state index contributed by atoms with van der Waals surface area (Å²) in [6, 6.07) is 0. The van der Waals surface area contributed by atoms with Crippen LogP contribution < -0.4 is 5.32 Å². The summed E-state index contributed by atoms with van der Waals surface area (Å²) in [5, 5.41) is 3.30. The SMILES string of the molecule is C=S(C)(C)(O)CCC(C)(CC)NC. The Hall–Kier alpha value is 0.140. The van der Waals surface area contributed by atoms with E-state index >= 15 is 0 Å². The highest BCUT2D eigenvalue weighted by atomic mass is 32.3. The van der Waals surface area contributed by atoms with Gasteiger partial charge in [-0.1, -0.05) is 12.8 Å². The zero-order chi connectivity index (χ0) is 10.8. The van der Waals surface area contributed by atoms with Gasteiger partial charge in [-0.3, -0.25) is 0 Å². The summed E-state index contributed by atoms with van der Waals surface area (Å²) >= 11 is 0. The van der Waals surface area contributed by atoms with Crippen LogP contribution in [0.3, 0.4) is 0 Å². The fourth-order valence-electron chi connectivity index (χ4n) is 1.03. The van der Waals surface area contributed by atoms with Crippen molar-refractivity contribution in [2.75, 3.05) is 25.3 Å². The fourth-order valence-corrected chi connectivity index (χ4v) is 2.12. The molecule has 82 valence electrons. The van der Waals surface area contributed by atoms with Crippen molar-refractivity contribution in [1.29, 1.82) is 0 Å². The van der Waals surface area contributed by atoms with Crippen molar-refractivity contribution in [3.05, 3.63) is 0 Å². The average Bonchev–Trinajstić information content (AvgIpc) is 1.98. The molecule has 3 heteroatoms. The van der Waals surface area contributed by atoms with E-state index in [4.69, 9.17) is 0 Å². The molecule has 0 amide bonds. The molecule has 0 saturated carbocycles. The lowest BCUT2D eigenvalue weighted by Crippen LogP contribution is -2.40. The van der Waals surface area contributed by atoms with E-state index in [0.29, 0.717) is 0 Å². The van der Waals surface area contributed by atoms with E-state index in [1.54, 1.807) is 0 Å². The van der Waals surface area contributed by atoms with E-state index in [1.165, 1.54) is 0 Å². The number of rotatable bonds is 5. The Balaban J connectivity index is 4.25. The van der Waals surface area contributed by atoms with Crippen LogP contribution in [0.2, 0.25) is 0 Å². The van der Waals surface area contributed by atoms with E-state index < -0.39 is 9.03 Å². The van der Waals surface area contributed by atoms with E-state index in [9.17, 15) is 4.55 Å². The molecule has 1 unspecified atom stereocenters. The Kier molecular flexibility index (Phi) is 3.75. The molecule has 0 aromatic rings. The monoisotopic (exact) mass is 207 g/mol. The molecule has 0 aromatic carbocycles. The summed E-state index contributed by atoms with van der Waals surface area (Å²) in [4.78, 5) is 0. The lowest BCUT2D eigenvalue weighted by Gasteiger charge is -2.38. The van der Waals surface area contributed by atoms with Crippen molar-refractivity contribution in [1.82, 2.24) is 5.32 Å². The first-order valence-electron chi connectivity index (χ1n) is 4.74. The van der Waals surface area contributed by atoms with Crippen molar-refractivity contribution in [3.63, 3.8) is 0 Å². The molecular weight excluding hydrogens is 182 g/mol. The summed E-state index contributed by atoms with van der Waals surface area (Å²) in [5.41, 5.74) is 0.143. The van der Waals surface area contributed by atoms with E-state index in [1.807, 2.05) is 19.6 Å². The standard InChI is InChI=1S/C10H25NOS/c1-7-10(2,11-3)8-9-13(4,5,6)12/h11-12H,4,7-9H2,1-3,5-6H3. The van der Waals surface area contributed by atoms with Crippen molar-refractivity contribution < 1.29 is 4.55 Å². The first kappa shape index (κ1) is 13.1. The van der Waals surface area contributed by atoms with Crippen LogP contribution in [0.1, 0.15) is 26.7 Å². The van der Waals surface area contributed by atoms with E-state index in [0.717, 1.165) is 18.6 Å². The van der Waals surface area contributed by atoms with Gasteiger partial charge in [0.1, 0.15) is 0 Å². The topological polar surface area (TPSA) is 32.3 Å². The van der Waals surface area contributed by atoms with Crippen LogP contribution >= 0.6 is 9.03 Å². The lowest BCUT2D eigenvalue weighted by atomic mass is 9.96. The summed E-state index contributed by atoms with van der Waals surface area (Å²) in [6.07, 6.45) is 5.81. The molecule has 1 atom stereocenters. The molecule has 0 rings (SSSR count). The highest BCUT2D eigenvalue weighted by molar-refractivity contribution is 8.41. The molecule has 0 aromatic heterocycles. The van der Waals surface area contributed by atoms with Gasteiger partial charge in [0.25, 0.3) is 0 Å². The molecule has 0 aliphatic carbocycles. The van der Waals surface area contributed by atoms with Crippen LogP contribution in [-0.2, 0) is 0 Å². The van der Waals surface area contributed by atoms with Crippen LogP contribution in [0.25, 0.3) is 0 Å². The van der Waals surface area contributed by atoms with Gasteiger partial charge in [-0.15, -0.1) is 0 Å². The Morgan fingerprint density at radius 3 is 2.15 bits per heavy atom. The van der Waals surface area contributed by atoms with Crippen LogP contribution in [0, 0.1) is 0 Å². The van der Waals surface area contributed by atoms with Gasteiger partial charge in [-0.05, 0) is 45.1 Å². The number of hydrogen-bond donors (Lipinski definition) is 2. The van der Waals surface area contributed by atoms with Gasteiger partial charge in [0.15, 0.2) is 0 Å². The molecule has 0 bridgehead atoms.